The maximum atomic E-state index is 12.5. The fourth-order valence-electron chi connectivity index (χ4n) is 2.33. The van der Waals surface area contributed by atoms with E-state index < -0.39 is 0 Å². The highest BCUT2D eigenvalue weighted by molar-refractivity contribution is 14.1. The molecule has 102 valence electrons. The summed E-state index contributed by atoms with van der Waals surface area (Å²) in [5, 5.41) is 0.566. The molecule has 3 nitrogen and oxygen atoms in total. The van der Waals surface area contributed by atoms with Gasteiger partial charge in [-0.15, -0.1) is 0 Å². The zero-order valence-corrected chi connectivity index (χ0v) is 13.6. The summed E-state index contributed by atoms with van der Waals surface area (Å²) >= 11 is 8.09. The summed E-state index contributed by atoms with van der Waals surface area (Å²) < 4.78 is 0.894. The minimum absolute atomic E-state index is 0.0220. The quantitative estimate of drug-likeness (QED) is 0.723. The highest BCUT2D eigenvalue weighted by atomic mass is 127. The molecule has 0 N–H and O–H groups in total. The summed E-state index contributed by atoms with van der Waals surface area (Å²) in [6.45, 7) is 0. The molecular formula is C14H15ClINO2. The number of rotatable bonds is 2. The van der Waals surface area contributed by atoms with E-state index in [4.69, 9.17) is 11.6 Å². The topological polar surface area (TPSA) is 37.4 Å². The standard InChI is InChI=1S/C14H15ClINO2/c1-17(10-3-5-11(18)6-4-10)14(19)12-8-9(15)2-7-13(12)16/h2,7-8,10H,3-6H2,1H3. The molecule has 2 rings (SSSR count). The summed E-state index contributed by atoms with van der Waals surface area (Å²) in [6, 6.07) is 5.48. The Balaban J connectivity index is 2.14. The van der Waals surface area contributed by atoms with E-state index in [2.05, 4.69) is 22.6 Å². The second kappa shape index (κ2) is 6.22. The largest absolute Gasteiger partial charge is 0.339 e. The molecule has 5 heteroatoms. The van der Waals surface area contributed by atoms with Crippen LogP contribution in [-0.2, 0) is 4.79 Å². The number of ketones is 1. The van der Waals surface area contributed by atoms with Crippen LogP contribution in [0, 0.1) is 3.57 Å². The molecule has 0 bridgehead atoms. The van der Waals surface area contributed by atoms with E-state index in [-0.39, 0.29) is 11.9 Å². The van der Waals surface area contributed by atoms with Crippen LogP contribution in [-0.4, -0.2) is 29.7 Å². The second-order valence-corrected chi connectivity index (χ2v) is 6.41. The van der Waals surface area contributed by atoms with Gasteiger partial charge in [-0.05, 0) is 53.6 Å². The number of Topliss-reactive ketones (excluding diaryl/α,β-unsaturated/α-hetero) is 1. The van der Waals surface area contributed by atoms with Crippen molar-refractivity contribution in [3.05, 3.63) is 32.4 Å². The number of carbonyl (C=O) groups is 2. The third-order valence-electron chi connectivity index (χ3n) is 3.54. The maximum Gasteiger partial charge on any atom is 0.254 e. The molecule has 1 aliphatic rings. The Bertz CT molecular complexity index is 508. The third kappa shape index (κ3) is 3.48. The van der Waals surface area contributed by atoms with Crippen molar-refractivity contribution in [2.24, 2.45) is 0 Å². The van der Waals surface area contributed by atoms with Crippen molar-refractivity contribution in [2.45, 2.75) is 31.7 Å². The van der Waals surface area contributed by atoms with Crippen molar-refractivity contribution >= 4 is 45.9 Å². The van der Waals surface area contributed by atoms with Gasteiger partial charge in [0.2, 0.25) is 0 Å². The Morgan fingerprint density at radius 2 is 2.00 bits per heavy atom. The molecule has 0 unspecified atom stereocenters. The van der Waals surface area contributed by atoms with Gasteiger partial charge in [-0.2, -0.15) is 0 Å². The fourth-order valence-corrected chi connectivity index (χ4v) is 3.07. The first-order valence-corrected chi connectivity index (χ1v) is 7.68. The van der Waals surface area contributed by atoms with Gasteiger partial charge in [-0.25, -0.2) is 0 Å². The third-order valence-corrected chi connectivity index (χ3v) is 4.72. The first-order chi connectivity index (χ1) is 8.99. The van der Waals surface area contributed by atoms with Gasteiger partial charge in [0, 0.05) is 34.5 Å². The molecule has 0 spiro atoms. The van der Waals surface area contributed by atoms with Crippen LogP contribution in [0.5, 0.6) is 0 Å². The van der Waals surface area contributed by atoms with E-state index in [1.807, 2.05) is 6.07 Å². The second-order valence-electron chi connectivity index (χ2n) is 4.81. The Labute approximate surface area is 131 Å². The molecular weight excluding hydrogens is 377 g/mol. The monoisotopic (exact) mass is 391 g/mol. The Morgan fingerprint density at radius 1 is 1.37 bits per heavy atom. The predicted octanol–water partition coefficient (Wildman–Crippen LogP) is 3.53. The van der Waals surface area contributed by atoms with Crippen molar-refractivity contribution in [1.29, 1.82) is 0 Å². The highest BCUT2D eigenvalue weighted by Crippen LogP contribution is 2.24. The van der Waals surface area contributed by atoms with Crippen LogP contribution in [0.3, 0.4) is 0 Å². The van der Waals surface area contributed by atoms with Gasteiger partial charge in [0.05, 0.1) is 5.56 Å². The SMILES string of the molecule is CN(C(=O)c1cc(Cl)ccc1I)C1CCC(=O)CC1. The van der Waals surface area contributed by atoms with Crippen molar-refractivity contribution in [1.82, 2.24) is 4.90 Å². The molecule has 0 atom stereocenters. The van der Waals surface area contributed by atoms with Crippen molar-refractivity contribution in [2.75, 3.05) is 7.05 Å². The first kappa shape index (κ1) is 14.8. The minimum Gasteiger partial charge on any atom is -0.339 e. The Hall–Kier alpha value is -0.620. The zero-order chi connectivity index (χ0) is 14.0. The molecule has 1 aromatic rings. The molecule has 1 aromatic carbocycles. The van der Waals surface area contributed by atoms with Gasteiger partial charge < -0.3 is 4.90 Å². The lowest BCUT2D eigenvalue weighted by molar-refractivity contribution is -0.121. The zero-order valence-electron chi connectivity index (χ0n) is 10.7. The number of halogens is 2. The number of nitrogens with zero attached hydrogens (tertiary/aromatic N) is 1. The van der Waals surface area contributed by atoms with Crippen molar-refractivity contribution < 1.29 is 9.59 Å². The molecule has 1 aliphatic carbocycles. The van der Waals surface area contributed by atoms with Gasteiger partial charge in [0.25, 0.3) is 5.91 Å². The molecule has 19 heavy (non-hydrogen) atoms. The van der Waals surface area contributed by atoms with E-state index in [9.17, 15) is 9.59 Å². The van der Waals surface area contributed by atoms with Crippen molar-refractivity contribution in [3.8, 4) is 0 Å². The lowest BCUT2D eigenvalue weighted by Crippen LogP contribution is -2.39. The minimum atomic E-state index is -0.0220. The number of benzene rings is 1. The molecule has 1 saturated carbocycles. The van der Waals surface area contributed by atoms with Crippen LogP contribution < -0.4 is 0 Å². The Kier molecular flexibility index (Phi) is 4.84. The average molecular weight is 392 g/mol. The van der Waals surface area contributed by atoms with E-state index in [0.717, 1.165) is 16.4 Å². The van der Waals surface area contributed by atoms with Crippen LogP contribution in [0.15, 0.2) is 18.2 Å². The molecule has 0 radical (unpaired) electrons. The molecule has 1 amide bonds. The molecule has 0 heterocycles. The Morgan fingerprint density at radius 3 is 2.63 bits per heavy atom. The lowest BCUT2D eigenvalue weighted by atomic mass is 9.93. The number of carbonyl (C=O) groups excluding carboxylic acids is 2. The first-order valence-electron chi connectivity index (χ1n) is 6.23. The number of amides is 1. The smallest absolute Gasteiger partial charge is 0.254 e. The van der Waals surface area contributed by atoms with Gasteiger partial charge in [-0.1, -0.05) is 11.6 Å². The van der Waals surface area contributed by atoms with Crippen LogP contribution in [0.4, 0.5) is 0 Å². The summed E-state index contributed by atoms with van der Waals surface area (Å²) in [7, 11) is 1.81. The average Bonchev–Trinajstić information content (AvgIpc) is 2.41. The highest BCUT2D eigenvalue weighted by Gasteiger charge is 2.26. The normalized spacial score (nSPS) is 16.5. The molecule has 1 fully saturated rings. The van der Waals surface area contributed by atoms with E-state index >= 15 is 0 Å². The van der Waals surface area contributed by atoms with E-state index in [0.29, 0.717) is 29.2 Å². The lowest BCUT2D eigenvalue weighted by Gasteiger charge is -2.31. The van der Waals surface area contributed by atoms with E-state index in [1.165, 1.54) is 0 Å². The molecule has 0 aliphatic heterocycles. The van der Waals surface area contributed by atoms with Gasteiger partial charge >= 0.3 is 0 Å². The van der Waals surface area contributed by atoms with Crippen LogP contribution >= 0.6 is 34.2 Å². The molecule has 0 saturated heterocycles. The van der Waals surface area contributed by atoms with Gasteiger partial charge in [-0.3, -0.25) is 9.59 Å². The molecule has 0 aromatic heterocycles. The predicted molar refractivity (Wildman–Crippen MR) is 83.5 cm³/mol. The maximum absolute atomic E-state index is 12.5. The van der Waals surface area contributed by atoms with Gasteiger partial charge in [0.15, 0.2) is 0 Å². The van der Waals surface area contributed by atoms with Crippen LogP contribution in [0.2, 0.25) is 5.02 Å². The number of hydrogen-bond acceptors (Lipinski definition) is 2. The van der Waals surface area contributed by atoms with E-state index in [1.54, 1.807) is 24.1 Å². The van der Waals surface area contributed by atoms with Crippen LogP contribution in [0.25, 0.3) is 0 Å². The van der Waals surface area contributed by atoms with Gasteiger partial charge in [0.1, 0.15) is 5.78 Å². The van der Waals surface area contributed by atoms with Crippen molar-refractivity contribution in [3.63, 3.8) is 0 Å². The fraction of sp³-hybridized carbons (Fsp3) is 0.429. The number of hydrogen-bond donors (Lipinski definition) is 0. The van der Waals surface area contributed by atoms with Crippen LogP contribution in [0.1, 0.15) is 36.0 Å². The summed E-state index contributed by atoms with van der Waals surface area (Å²) in [5.74, 6) is 0.278. The summed E-state index contributed by atoms with van der Waals surface area (Å²) in [6.07, 6.45) is 2.68. The summed E-state index contributed by atoms with van der Waals surface area (Å²) in [5.41, 5.74) is 0.632. The summed E-state index contributed by atoms with van der Waals surface area (Å²) in [4.78, 5) is 25.5.